The van der Waals surface area contributed by atoms with Crippen LogP contribution in [0.3, 0.4) is 0 Å². The van der Waals surface area contributed by atoms with Crippen molar-refractivity contribution in [1.29, 1.82) is 0 Å². The highest BCUT2D eigenvalue weighted by Gasteiger charge is 2.18. The molecule has 2 unspecified atom stereocenters. The highest BCUT2D eigenvalue weighted by molar-refractivity contribution is 5.76. The summed E-state index contributed by atoms with van der Waals surface area (Å²) in [5.41, 5.74) is 0. The average Bonchev–Trinajstić information content (AvgIpc) is 3.28. The first-order valence-electron chi connectivity index (χ1n) is 27.2. The van der Waals surface area contributed by atoms with E-state index in [-0.39, 0.29) is 12.5 Å². The lowest BCUT2D eigenvalue weighted by Crippen LogP contribution is -2.45. The maximum atomic E-state index is 12.5. The molecule has 4 heteroatoms. The van der Waals surface area contributed by atoms with Crippen LogP contribution in [0.1, 0.15) is 271 Å². The van der Waals surface area contributed by atoms with Crippen molar-refractivity contribution < 1.29 is 15.0 Å². The predicted molar refractivity (Wildman–Crippen MR) is 276 cm³/mol. The molecule has 0 saturated heterocycles. The van der Waals surface area contributed by atoms with Crippen molar-refractivity contribution in [2.45, 2.75) is 283 Å². The van der Waals surface area contributed by atoms with Crippen molar-refractivity contribution >= 4 is 5.91 Å². The van der Waals surface area contributed by atoms with Crippen LogP contribution < -0.4 is 5.32 Å². The van der Waals surface area contributed by atoms with Gasteiger partial charge in [0.1, 0.15) is 0 Å². The molecule has 360 valence electrons. The standard InChI is InChI=1S/C58H105NO3/c1-3-5-7-9-11-13-15-17-19-21-23-25-27-28-29-30-32-34-36-38-40-42-44-46-48-50-52-54-58(62)59-56(55-60)57(61)53-51-49-47-45-43-41-39-37-35-33-31-26-24-22-20-18-16-14-12-10-8-6-4-2/h5,7,11,13,17,19,23,25,28-29,51,53,56-57,60-61H,3-4,6,8-10,12,14-16,18,20-22,24,26-27,30-50,52,54-55H2,1-2H3,(H,59,62)/b7-5-,13-11-,19-17-,25-23-,29-28-,53-51+. The zero-order valence-electron chi connectivity index (χ0n) is 41.4. The largest absolute Gasteiger partial charge is 0.394 e. The van der Waals surface area contributed by atoms with Crippen molar-refractivity contribution in [2.75, 3.05) is 6.61 Å². The van der Waals surface area contributed by atoms with Gasteiger partial charge in [-0.05, 0) is 64.2 Å². The molecule has 0 aliphatic rings. The number of hydrogen-bond donors (Lipinski definition) is 3. The van der Waals surface area contributed by atoms with Crippen LogP contribution in [0.15, 0.2) is 72.9 Å². The number of hydrogen-bond acceptors (Lipinski definition) is 3. The second kappa shape index (κ2) is 53.2. The Morgan fingerprint density at radius 1 is 0.403 bits per heavy atom. The predicted octanol–water partition coefficient (Wildman–Crippen LogP) is 17.8. The summed E-state index contributed by atoms with van der Waals surface area (Å²) in [6.07, 6.45) is 76.2. The fraction of sp³-hybridized carbons (Fsp3) is 0.776. The second-order valence-electron chi connectivity index (χ2n) is 18.3. The number of nitrogens with one attached hydrogen (secondary N) is 1. The number of allylic oxidation sites excluding steroid dienone is 11. The minimum atomic E-state index is -0.845. The third kappa shape index (κ3) is 48.9. The van der Waals surface area contributed by atoms with Crippen LogP contribution in [0.5, 0.6) is 0 Å². The van der Waals surface area contributed by atoms with E-state index in [0.717, 1.165) is 57.8 Å². The Labute approximate surface area is 387 Å². The number of carbonyl (C=O) groups is 1. The maximum Gasteiger partial charge on any atom is 0.220 e. The van der Waals surface area contributed by atoms with E-state index in [0.29, 0.717) is 6.42 Å². The van der Waals surface area contributed by atoms with Crippen molar-refractivity contribution in [3.05, 3.63) is 72.9 Å². The smallest absolute Gasteiger partial charge is 0.220 e. The lowest BCUT2D eigenvalue weighted by molar-refractivity contribution is -0.123. The third-order valence-electron chi connectivity index (χ3n) is 12.2. The molecule has 0 bridgehead atoms. The fourth-order valence-electron chi connectivity index (χ4n) is 8.09. The van der Waals surface area contributed by atoms with E-state index in [1.165, 1.54) is 193 Å². The number of rotatable bonds is 49. The van der Waals surface area contributed by atoms with Gasteiger partial charge in [-0.1, -0.05) is 273 Å². The summed E-state index contributed by atoms with van der Waals surface area (Å²) in [4.78, 5) is 12.5. The maximum absolute atomic E-state index is 12.5. The lowest BCUT2D eigenvalue weighted by Gasteiger charge is -2.20. The van der Waals surface area contributed by atoms with E-state index >= 15 is 0 Å². The summed E-state index contributed by atoms with van der Waals surface area (Å²) in [6.45, 7) is 4.21. The topological polar surface area (TPSA) is 69.6 Å². The van der Waals surface area contributed by atoms with Crippen LogP contribution in [0, 0.1) is 0 Å². The molecule has 4 nitrogen and oxygen atoms in total. The molecule has 0 aromatic rings. The molecular weight excluding hydrogens is 759 g/mol. The first kappa shape index (κ1) is 59.8. The minimum Gasteiger partial charge on any atom is -0.394 e. The van der Waals surface area contributed by atoms with Gasteiger partial charge in [-0.15, -0.1) is 0 Å². The lowest BCUT2D eigenvalue weighted by atomic mass is 10.0. The van der Waals surface area contributed by atoms with Crippen LogP contribution in [0.25, 0.3) is 0 Å². The molecule has 62 heavy (non-hydrogen) atoms. The Morgan fingerprint density at radius 3 is 1.06 bits per heavy atom. The summed E-state index contributed by atoms with van der Waals surface area (Å²) < 4.78 is 0. The number of aliphatic hydroxyl groups excluding tert-OH is 2. The molecule has 0 aromatic heterocycles. The highest BCUT2D eigenvalue weighted by atomic mass is 16.3. The monoisotopic (exact) mass is 864 g/mol. The quantitative estimate of drug-likeness (QED) is 0.0421. The summed E-state index contributed by atoms with van der Waals surface area (Å²) in [7, 11) is 0. The highest BCUT2D eigenvalue weighted by Crippen LogP contribution is 2.16. The van der Waals surface area contributed by atoms with Crippen LogP contribution in [0.2, 0.25) is 0 Å². The number of carbonyl (C=O) groups excluding carboxylic acids is 1. The summed E-state index contributed by atoms with van der Waals surface area (Å²) in [5.74, 6) is -0.0674. The van der Waals surface area contributed by atoms with E-state index < -0.39 is 12.1 Å². The number of aliphatic hydroxyl groups is 2. The van der Waals surface area contributed by atoms with Gasteiger partial charge >= 0.3 is 0 Å². The molecule has 2 atom stereocenters. The minimum absolute atomic E-state index is 0.0674. The number of unbranched alkanes of at least 4 members (excludes halogenated alkanes) is 32. The van der Waals surface area contributed by atoms with E-state index in [2.05, 4.69) is 79.9 Å². The average molecular weight is 864 g/mol. The van der Waals surface area contributed by atoms with Gasteiger partial charge < -0.3 is 15.5 Å². The zero-order valence-corrected chi connectivity index (χ0v) is 41.4. The zero-order chi connectivity index (χ0) is 44.9. The molecular formula is C58H105NO3. The summed E-state index contributed by atoms with van der Waals surface area (Å²) in [6, 6.07) is -0.628. The Kier molecular flexibility index (Phi) is 51.3. The van der Waals surface area contributed by atoms with Crippen LogP contribution in [-0.2, 0) is 4.79 Å². The van der Waals surface area contributed by atoms with E-state index in [1.54, 1.807) is 6.08 Å². The van der Waals surface area contributed by atoms with Gasteiger partial charge in [0.15, 0.2) is 0 Å². The molecule has 3 N–H and O–H groups in total. The Bertz CT molecular complexity index is 1070. The first-order valence-corrected chi connectivity index (χ1v) is 27.2. The molecule has 0 heterocycles. The molecule has 0 aliphatic carbocycles. The normalized spacial score (nSPS) is 13.4. The van der Waals surface area contributed by atoms with Crippen molar-refractivity contribution in [3.8, 4) is 0 Å². The molecule has 0 aromatic carbocycles. The first-order chi connectivity index (χ1) is 30.7. The molecule has 0 aliphatic heterocycles. The Hall–Kier alpha value is -2.17. The van der Waals surface area contributed by atoms with Gasteiger partial charge in [0.05, 0.1) is 18.8 Å². The molecule has 0 fully saturated rings. The molecule has 0 spiro atoms. The van der Waals surface area contributed by atoms with Gasteiger partial charge in [-0.3, -0.25) is 4.79 Å². The van der Waals surface area contributed by atoms with Gasteiger partial charge in [0, 0.05) is 6.42 Å². The van der Waals surface area contributed by atoms with E-state index in [1.807, 2.05) is 6.08 Å². The van der Waals surface area contributed by atoms with E-state index in [4.69, 9.17) is 0 Å². The van der Waals surface area contributed by atoms with Crippen LogP contribution in [0.4, 0.5) is 0 Å². The number of amides is 1. The second-order valence-corrected chi connectivity index (χ2v) is 18.3. The summed E-state index contributed by atoms with van der Waals surface area (Å²) >= 11 is 0. The summed E-state index contributed by atoms with van der Waals surface area (Å²) in [5, 5.41) is 23.2. The Morgan fingerprint density at radius 2 is 0.710 bits per heavy atom. The Balaban J connectivity index is 3.54. The van der Waals surface area contributed by atoms with Crippen molar-refractivity contribution in [1.82, 2.24) is 5.32 Å². The van der Waals surface area contributed by atoms with E-state index in [9.17, 15) is 15.0 Å². The van der Waals surface area contributed by atoms with Gasteiger partial charge in [-0.25, -0.2) is 0 Å². The van der Waals surface area contributed by atoms with Gasteiger partial charge in [0.25, 0.3) is 0 Å². The molecule has 0 radical (unpaired) electrons. The third-order valence-corrected chi connectivity index (χ3v) is 12.2. The van der Waals surface area contributed by atoms with Crippen LogP contribution in [-0.4, -0.2) is 34.9 Å². The molecule has 1 amide bonds. The fourth-order valence-corrected chi connectivity index (χ4v) is 8.09. The molecule has 0 saturated carbocycles. The molecule has 0 rings (SSSR count). The SMILES string of the molecule is CC/C=C\C/C=C\C/C=C\C/C=C\C/C=C\CCCCCCCCCCCCCC(=O)NC(CO)C(O)/C=C/CCCCCCCCCCCCCCCCCCCCCCC. The van der Waals surface area contributed by atoms with Gasteiger partial charge in [0.2, 0.25) is 5.91 Å². The van der Waals surface area contributed by atoms with Gasteiger partial charge in [-0.2, -0.15) is 0 Å². The van der Waals surface area contributed by atoms with Crippen LogP contribution >= 0.6 is 0 Å². The van der Waals surface area contributed by atoms with Crippen molar-refractivity contribution in [2.24, 2.45) is 0 Å². The van der Waals surface area contributed by atoms with Crippen molar-refractivity contribution in [3.63, 3.8) is 0 Å².